The van der Waals surface area contributed by atoms with E-state index in [-0.39, 0.29) is 25.4 Å². The van der Waals surface area contributed by atoms with Gasteiger partial charge in [-0.3, -0.25) is 4.79 Å². The molecule has 0 aromatic rings. The maximum Gasteiger partial charge on any atom is 0.219 e. The Morgan fingerprint density at radius 1 is 0.825 bits per heavy atom. The fraction of sp³-hybridized carbons (Fsp3) is 0.958. The van der Waals surface area contributed by atoms with Crippen molar-refractivity contribution in [3.05, 3.63) is 0 Å². The lowest BCUT2D eigenvalue weighted by Crippen LogP contribution is -2.69. The predicted molar refractivity (Wildman–Crippen MR) is 140 cm³/mol. The summed E-state index contributed by atoms with van der Waals surface area (Å²) in [4.78, 5) is 13.7. The van der Waals surface area contributed by atoms with Gasteiger partial charge in [0.15, 0.2) is 12.6 Å². The highest BCUT2D eigenvalue weighted by Gasteiger charge is 2.51. The van der Waals surface area contributed by atoms with Crippen molar-refractivity contribution >= 4 is 5.91 Å². The van der Waals surface area contributed by atoms with E-state index < -0.39 is 91.7 Å². The number of amides is 1. The maximum absolute atomic E-state index is 12.1. The van der Waals surface area contributed by atoms with E-state index >= 15 is 0 Å². The average molecular weight is 581 g/mol. The Balaban J connectivity index is 1.73. The van der Waals surface area contributed by atoms with E-state index in [4.69, 9.17) is 47.6 Å². The zero-order chi connectivity index (χ0) is 29.9. The van der Waals surface area contributed by atoms with Gasteiger partial charge in [-0.2, -0.15) is 0 Å². The van der Waals surface area contributed by atoms with Gasteiger partial charge in [0.25, 0.3) is 0 Å². The number of hydrogen-bond acceptors (Lipinski definition) is 15. The van der Waals surface area contributed by atoms with E-state index in [0.717, 1.165) is 12.8 Å². The van der Waals surface area contributed by atoms with Crippen molar-refractivity contribution in [1.82, 2.24) is 4.90 Å². The van der Waals surface area contributed by atoms with Crippen LogP contribution in [0.15, 0.2) is 0 Å². The van der Waals surface area contributed by atoms with Gasteiger partial charge in [0.05, 0.1) is 18.2 Å². The van der Waals surface area contributed by atoms with Crippen LogP contribution >= 0.6 is 0 Å². The minimum absolute atomic E-state index is 0.0139. The Bertz CT molecular complexity index is 816. The zero-order valence-corrected chi connectivity index (χ0v) is 23.0. The van der Waals surface area contributed by atoms with Crippen LogP contribution in [-0.4, -0.2) is 148 Å². The molecule has 0 aromatic carbocycles. The molecule has 1 saturated carbocycles. The van der Waals surface area contributed by atoms with E-state index in [2.05, 4.69) is 0 Å². The Kier molecular flexibility index (Phi) is 12.0. The molecule has 3 fully saturated rings. The summed E-state index contributed by atoms with van der Waals surface area (Å²) in [6.45, 7) is 3.74. The number of aliphatic hydroxyl groups is 5. The molecule has 0 radical (unpaired) electrons. The SMILES string of the molecule is CCCCN(CC1OC(OC2C(N)CC(N)C(OC3OC(CN)C(O)C(O)C3N)C2O)C(O)C(N)C1O)C(C)=O. The van der Waals surface area contributed by atoms with Crippen molar-refractivity contribution in [3.63, 3.8) is 0 Å². The highest BCUT2D eigenvalue weighted by molar-refractivity contribution is 5.73. The molecular weight excluding hydrogens is 532 g/mol. The van der Waals surface area contributed by atoms with Gasteiger partial charge in [-0.15, -0.1) is 0 Å². The number of hydrogen-bond donors (Lipinski definition) is 10. The Morgan fingerprint density at radius 3 is 1.95 bits per heavy atom. The van der Waals surface area contributed by atoms with Crippen LogP contribution in [0.3, 0.4) is 0 Å². The summed E-state index contributed by atoms with van der Waals surface area (Å²) in [6.07, 6.45) is -12.2. The van der Waals surface area contributed by atoms with Crippen LogP contribution < -0.4 is 28.7 Å². The lowest BCUT2D eigenvalue weighted by atomic mass is 9.84. The molecule has 1 amide bonds. The molecular formula is C24H48N6O10. The molecule has 16 heteroatoms. The number of nitrogens with two attached hydrogens (primary N) is 5. The number of carbonyl (C=O) groups excluding carboxylic acids is 1. The number of carbonyl (C=O) groups is 1. The van der Waals surface area contributed by atoms with Gasteiger partial charge >= 0.3 is 0 Å². The normalized spacial score (nSPS) is 46.2. The third-order valence-electron chi connectivity index (χ3n) is 8.01. The first-order valence-electron chi connectivity index (χ1n) is 13.8. The first-order chi connectivity index (χ1) is 18.8. The van der Waals surface area contributed by atoms with E-state index in [9.17, 15) is 30.3 Å². The van der Waals surface area contributed by atoms with Crippen LogP contribution in [0.1, 0.15) is 33.1 Å². The lowest BCUT2D eigenvalue weighted by molar-refractivity contribution is -0.317. The molecule has 40 heavy (non-hydrogen) atoms. The second-order valence-electron chi connectivity index (χ2n) is 11.0. The summed E-state index contributed by atoms with van der Waals surface area (Å²) in [5.41, 5.74) is 30.2. The number of ether oxygens (including phenoxy) is 4. The standard InChI is InChI=1S/C24H48N6O10/c1-3-4-5-30(9(2)31)8-13-16(32)14(28)19(35)24(38-13)40-22-11(27)6-10(26)21(20(22)36)39-23-15(29)18(34)17(33)12(7-25)37-23/h10-24,32-36H,3-8,25-29H2,1-2H3. The second-order valence-corrected chi connectivity index (χ2v) is 11.0. The number of nitrogens with zero attached hydrogens (tertiary/aromatic N) is 1. The van der Waals surface area contributed by atoms with Crippen molar-refractivity contribution in [3.8, 4) is 0 Å². The fourth-order valence-electron chi connectivity index (χ4n) is 5.39. The minimum Gasteiger partial charge on any atom is -0.389 e. The van der Waals surface area contributed by atoms with E-state index in [0.29, 0.717) is 6.54 Å². The van der Waals surface area contributed by atoms with Crippen LogP contribution in [0.2, 0.25) is 0 Å². The summed E-state index contributed by atoms with van der Waals surface area (Å²) in [6, 6.07) is -3.96. The molecule has 0 aromatic heterocycles. The number of unbranched alkanes of at least 4 members (excludes halogenated alkanes) is 1. The van der Waals surface area contributed by atoms with Crippen molar-refractivity contribution in [2.24, 2.45) is 28.7 Å². The Morgan fingerprint density at radius 2 is 1.40 bits per heavy atom. The zero-order valence-electron chi connectivity index (χ0n) is 23.0. The quantitative estimate of drug-likeness (QED) is 0.115. The molecule has 1 aliphatic carbocycles. The van der Waals surface area contributed by atoms with Crippen molar-refractivity contribution in [2.75, 3.05) is 19.6 Å². The third-order valence-corrected chi connectivity index (χ3v) is 8.01. The average Bonchev–Trinajstić information content (AvgIpc) is 2.91. The summed E-state index contributed by atoms with van der Waals surface area (Å²) < 4.78 is 23.3. The monoisotopic (exact) mass is 580 g/mol. The molecule has 2 saturated heterocycles. The Hall–Kier alpha value is -1.09. The molecule has 16 nitrogen and oxygen atoms in total. The second kappa shape index (κ2) is 14.4. The van der Waals surface area contributed by atoms with Gasteiger partial charge in [-0.25, -0.2) is 0 Å². The molecule has 15 N–H and O–H groups in total. The van der Waals surface area contributed by atoms with Gasteiger partial charge in [0.1, 0.15) is 48.8 Å². The minimum atomic E-state index is -1.49. The smallest absolute Gasteiger partial charge is 0.219 e. The van der Waals surface area contributed by atoms with Crippen LogP contribution in [-0.2, 0) is 23.7 Å². The highest BCUT2D eigenvalue weighted by Crippen LogP contribution is 2.31. The molecule has 0 bridgehead atoms. The molecule has 15 unspecified atom stereocenters. The van der Waals surface area contributed by atoms with Crippen LogP contribution in [0, 0.1) is 0 Å². The largest absolute Gasteiger partial charge is 0.389 e. The van der Waals surface area contributed by atoms with Gasteiger partial charge in [0.2, 0.25) is 5.91 Å². The molecule has 15 atom stereocenters. The van der Waals surface area contributed by atoms with E-state index in [1.54, 1.807) is 0 Å². The number of rotatable bonds is 10. The van der Waals surface area contributed by atoms with E-state index in [1.807, 2.05) is 6.92 Å². The summed E-state index contributed by atoms with van der Waals surface area (Å²) >= 11 is 0. The van der Waals surface area contributed by atoms with Crippen molar-refractivity contribution in [2.45, 2.75) is 125 Å². The lowest BCUT2D eigenvalue weighted by Gasteiger charge is -2.48. The first kappa shape index (κ1) is 33.4. The van der Waals surface area contributed by atoms with Gasteiger partial charge in [0, 0.05) is 38.6 Å². The first-order valence-corrected chi connectivity index (χ1v) is 13.8. The van der Waals surface area contributed by atoms with Gasteiger partial charge in [-0.1, -0.05) is 13.3 Å². The van der Waals surface area contributed by atoms with Crippen LogP contribution in [0.5, 0.6) is 0 Å². The van der Waals surface area contributed by atoms with Crippen LogP contribution in [0.25, 0.3) is 0 Å². The number of aliphatic hydroxyl groups excluding tert-OH is 5. The van der Waals surface area contributed by atoms with Crippen LogP contribution in [0.4, 0.5) is 0 Å². The third kappa shape index (κ3) is 7.27. The Labute approximate surface area is 233 Å². The maximum atomic E-state index is 12.1. The molecule has 2 heterocycles. The predicted octanol–water partition coefficient (Wildman–Crippen LogP) is -5.67. The molecule has 234 valence electrons. The summed E-state index contributed by atoms with van der Waals surface area (Å²) in [5.74, 6) is -0.210. The molecule has 2 aliphatic heterocycles. The highest BCUT2D eigenvalue weighted by atomic mass is 16.7. The van der Waals surface area contributed by atoms with Crippen molar-refractivity contribution in [1.29, 1.82) is 0 Å². The fourth-order valence-corrected chi connectivity index (χ4v) is 5.39. The van der Waals surface area contributed by atoms with Gasteiger partial charge < -0.3 is 78.0 Å². The summed E-state index contributed by atoms with van der Waals surface area (Å²) in [7, 11) is 0. The molecule has 3 aliphatic rings. The van der Waals surface area contributed by atoms with E-state index in [1.165, 1.54) is 11.8 Å². The van der Waals surface area contributed by atoms with Gasteiger partial charge in [-0.05, 0) is 12.8 Å². The molecule has 3 rings (SSSR count). The van der Waals surface area contributed by atoms with Crippen molar-refractivity contribution < 1.29 is 49.3 Å². The molecule has 0 spiro atoms. The topological polar surface area (TPSA) is 288 Å². The summed E-state index contributed by atoms with van der Waals surface area (Å²) in [5, 5.41) is 53.1.